The van der Waals surface area contributed by atoms with E-state index in [9.17, 15) is 22.8 Å². The molecule has 0 N–H and O–H groups in total. The third-order valence-corrected chi connectivity index (χ3v) is 8.70. The van der Waals surface area contributed by atoms with Gasteiger partial charge in [0.25, 0.3) is 5.91 Å². The molecule has 1 aromatic heterocycles. The van der Waals surface area contributed by atoms with Gasteiger partial charge in [-0.3, -0.25) is 19.3 Å². The van der Waals surface area contributed by atoms with Crippen LogP contribution in [-0.2, 0) is 19.4 Å². The van der Waals surface area contributed by atoms with Crippen LogP contribution in [0.15, 0.2) is 58.9 Å². The van der Waals surface area contributed by atoms with E-state index in [4.69, 9.17) is 0 Å². The number of hydrogen-bond acceptors (Lipinski definition) is 7. The number of Topliss-reactive ketones (excluding diaryl/α,β-unsaturated/α-hetero) is 2. The molecule has 2 aromatic carbocycles. The summed E-state index contributed by atoms with van der Waals surface area (Å²) < 4.78 is 24.0. The predicted octanol–water partition coefficient (Wildman–Crippen LogP) is 4.13. The van der Waals surface area contributed by atoms with Gasteiger partial charge in [-0.05, 0) is 24.0 Å². The molecule has 3 aromatic rings. The van der Waals surface area contributed by atoms with E-state index in [0.29, 0.717) is 11.1 Å². The maximum absolute atomic E-state index is 13.5. The van der Waals surface area contributed by atoms with Crippen molar-refractivity contribution >= 4 is 43.8 Å². The Morgan fingerprint density at radius 2 is 1.65 bits per heavy atom. The van der Waals surface area contributed by atoms with Crippen molar-refractivity contribution in [1.29, 1.82) is 0 Å². The smallest absolute Gasteiger partial charge is 0.293 e. The van der Waals surface area contributed by atoms with Crippen LogP contribution in [0.5, 0.6) is 0 Å². The monoisotopic (exact) mass is 496 g/mol. The summed E-state index contributed by atoms with van der Waals surface area (Å²) in [4.78, 5) is 45.1. The molecule has 7 nitrogen and oxygen atoms in total. The number of nitrogens with zero attached hydrogens (tertiary/aromatic N) is 2. The zero-order valence-electron chi connectivity index (χ0n) is 19.2. The Hall–Kier alpha value is -3.17. The van der Waals surface area contributed by atoms with Gasteiger partial charge in [-0.15, -0.1) is 0 Å². The number of carbonyl (C=O) groups is 3. The highest BCUT2D eigenvalue weighted by Crippen LogP contribution is 2.43. The maximum atomic E-state index is 13.5. The SMILES string of the molecule is Cc1ccc(C(=O)C2C(=O)C(=O)N(c3ncc(S(C)(=O)=O)s3)C2c2ccc(C(C)C)cc2)cc1. The summed E-state index contributed by atoms with van der Waals surface area (Å²) in [6, 6.07) is 13.3. The molecule has 176 valence electrons. The first-order valence-electron chi connectivity index (χ1n) is 10.7. The number of amides is 1. The van der Waals surface area contributed by atoms with E-state index in [1.807, 2.05) is 19.1 Å². The summed E-state index contributed by atoms with van der Waals surface area (Å²) in [6.07, 6.45) is 2.22. The minimum Gasteiger partial charge on any atom is -0.293 e. The molecule has 1 aliphatic rings. The van der Waals surface area contributed by atoms with Crippen LogP contribution in [0.4, 0.5) is 5.13 Å². The lowest BCUT2D eigenvalue weighted by Crippen LogP contribution is -2.30. The van der Waals surface area contributed by atoms with Crippen LogP contribution in [0, 0.1) is 12.8 Å². The molecular formula is C25H24N2O5S2. The van der Waals surface area contributed by atoms with E-state index < -0.39 is 39.3 Å². The Morgan fingerprint density at radius 3 is 2.18 bits per heavy atom. The summed E-state index contributed by atoms with van der Waals surface area (Å²) in [5.74, 6) is -3.17. The first-order chi connectivity index (χ1) is 16.0. The molecule has 0 radical (unpaired) electrons. The molecule has 1 amide bonds. The fourth-order valence-corrected chi connectivity index (χ4v) is 5.75. The average Bonchev–Trinajstić information content (AvgIpc) is 3.37. The number of aromatic nitrogens is 1. The molecule has 1 fully saturated rings. The van der Waals surface area contributed by atoms with Gasteiger partial charge in [0, 0.05) is 11.8 Å². The van der Waals surface area contributed by atoms with Crippen LogP contribution < -0.4 is 4.90 Å². The fourth-order valence-electron chi connectivity index (χ4n) is 3.99. The van der Waals surface area contributed by atoms with E-state index >= 15 is 0 Å². The standard InChI is InChI=1S/C25H24N2O5S2/c1-14(2)16-9-11-17(12-10-16)21-20(22(28)18-7-5-15(3)6-8-18)23(29)24(30)27(21)25-26-13-19(33-25)34(4,31)32/h5-14,20-21H,1-4H3. The van der Waals surface area contributed by atoms with Crippen molar-refractivity contribution in [2.75, 3.05) is 11.2 Å². The zero-order chi connectivity index (χ0) is 24.8. The molecule has 2 heterocycles. The first-order valence-corrected chi connectivity index (χ1v) is 13.4. The molecular weight excluding hydrogens is 472 g/mol. The van der Waals surface area contributed by atoms with Crippen molar-refractivity contribution in [1.82, 2.24) is 4.98 Å². The summed E-state index contributed by atoms with van der Waals surface area (Å²) in [6.45, 7) is 5.99. The largest absolute Gasteiger partial charge is 0.297 e. The molecule has 0 aliphatic carbocycles. The topological polar surface area (TPSA) is 101 Å². The van der Waals surface area contributed by atoms with Gasteiger partial charge >= 0.3 is 0 Å². The quantitative estimate of drug-likeness (QED) is 0.289. The Balaban J connectivity index is 1.85. The van der Waals surface area contributed by atoms with E-state index in [1.54, 1.807) is 36.4 Å². The van der Waals surface area contributed by atoms with Gasteiger partial charge in [-0.2, -0.15) is 0 Å². The highest BCUT2D eigenvalue weighted by Gasteiger charge is 2.53. The molecule has 0 saturated carbocycles. The van der Waals surface area contributed by atoms with Crippen molar-refractivity contribution in [3.8, 4) is 0 Å². The second-order valence-corrected chi connectivity index (χ2v) is 12.0. The van der Waals surface area contributed by atoms with Crippen LogP contribution >= 0.6 is 11.3 Å². The minimum atomic E-state index is -3.55. The van der Waals surface area contributed by atoms with Crippen molar-refractivity contribution in [3.05, 3.63) is 77.0 Å². The number of hydrogen-bond donors (Lipinski definition) is 0. The van der Waals surface area contributed by atoms with Crippen LogP contribution in [0.1, 0.15) is 52.9 Å². The Kier molecular flexibility index (Phi) is 6.26. The Labute approximate surface area is 202 Å². The highest BCUT2D eigenvalue weighted by molar-refractivity contribution is 7.92. The summed E-state index contributed by atoms with van der Waals surface area (Å²) in [5, 5.41) is 0.0657. The van der Waals surface area contributed by atoms with Crippen molar-refractivity contribution in [2.45, 2.75) is 36.9 Å². The molecule has 2 unspecified atom stereocenters. The number of sulfone groups is 1. The second-order valence-electron chi connectivity index (χ2n) is 8.75. The van der Waals surface area contributed by atoms with Gasteiger partial charge in [0.1, 0.15) is 10.1 Å². The first kappa shape index (κ1) is 24.0. The predicted molar refractivity (Wildman–Crippen MR) is 130 cm³/mol. The van der Waals surface area contributed by atoms with Crippen LogP contribution in [0.2, 0.25) is 0 Å². The lowest BCUT2D eigenvalue weighted by molar-refractivity contribution is -0.135. The summed E-state index contributed by atoms with van der Waals surface area (Å²) in [5.41, 5.74) is 2.97. The van der Waals surface area contributed by atoms with E-state index in [1.165, 1.54) is 11.1 Å². The second kappa shape index (κ2) is 8.88. The lowest BCUT2D eigenvalue weighted by atomic mass is 9.85. The van der Waals surface area contributed by atoms with Gasteiger partial charge in [0.15, 0.2) is 20.8 Å². The number of rotatable bonds is 6. The molecule has 1 saturated heterocycles. The van der Waals surface area contributed by atoms with Crippen LogP contribution in [0.25, 0.3) is 0 Å². The average molecular weight is 497 g/mol. The number of carbonyl (C=O) groups excluding carboxylic acids is 3. The van der Waals surface area contributed by atoms with E-state index in [-0.39, 0.29) is 15.3 Å². The van der Waals surface area contributed by atoms with Gasteiger partial charge in [-0.1, -0.05) is 79.3 Å². The number of aryl methyl sites for hydroxylation is 1. The van der Waals surface area contributed by atoms with E-state index in [0.717, 1.165) is 28.7 Å². The number of benzene rings is 2. The van der Waals surface area contributed by atoms with Gasteiger partial charge in [-0.25, -0.2) is 13.4 Å². The van der Waals surface area contributed by atoms with Crippen LogP contribution in [0.3, 0.4) is 0 Å². The molecule has 0 bridgehead atoms. The van der Waals surface area contributed by atoms with Crippen molar-refractivity contribution < 1.29 is 22.8 Å². The molecule has 9 heteroatoms. The highest BCUT2D eigenvalue weighted by atomic mass is 32.2. The van der Waals surface area contributed by atoms with Crippen molar-refractivity contribution in [3.63, 3.8) is 0 Å². The molecule has 2 atom stereocenters. The normalized spacial score (nSPS) is 18.7. The number of anilines is 1. The molecule has 1 aliphatic heterocycles. The summed E-state index contributed by atoms with van der Waals surface area (Å²) >= 11 is 0.803. The third kappa shape index (κ3) is 4.33. The Bertz CT molecular complexity index is 1370. The fraction of sp³-hybridized carbons (Fsp3) is 0.280. The minimum absolute atomic E-state index is 0.0232. The number of ketones is 2. The van der Waals surface area contributed by atoms with Gasteiger partial charge in [0.05, 0.1) is 12.2 Å². The van der Waals surface area contributed by atoms with Crippen molar-refractivity contribution in [2.24, 2.45) is 5.92 Å². The third-order valence-electron chi connectivity index (χ3n) is 5.91. The number of thiazole rings is 1. The van der Waals surface area contributed by atoms with E-state index in [2.05, 4.69) is 18.8 Å². The summed E-state index contributed by atoms with van der Waals surface area (Å²) in [7, 11) is -3.55. The Morgan fingerprint density at radius 1 is 1.03 bits per heavy atom. The molecule has 4 rings (SSSR count). The van der Waals surface area contributed by atoms with Gasteiger partial charge < -0.3 is 0 Å². The van der Waals surface area contributed by atoms with Crippen LogP contribution in [-0.4, -0.2) is 37.1 Å². The zero-order valence-corrected chi connectivity index (χ0v) is 20.8. The lowest BCUT2D eigenvalue weighted by Gasteiger charge is -2.25. The maximum Gasteiger partial charge on any atom is 0.297 e. The molecule has 0 spiro atoms. The van der Waals surface area contributed by atoms with Gasteiger partial charge in [0.2, 0.25) is 5.78 Å². The molecule has 34 heavy (non-hydrogen) atoms.